The van der Waals surface area contributed by atoms with Crippen molar-refractivity contribution in [2.24, 2.45) is 0 Å². The number of benzene rings is 8. The van der Waals surface area contributed by atoms with Crippen molar-refractivity contribution in [2.45, 2.75) is 46.3 Å². The van der Waals surface area contributed by atoms with Gasteiger partial charge < -0.3 is 28.8 Å². The monoisotopic (exact) mass is 958 g/mol. The number of phenols is 2. The molecule has 2 atom stereocenters. The summed E-state index contributed by atoms with van der Waals surface area (Å²) in [7, 11) is 9.87. The predicted octanol–water partition coefficient (Wildman–Crippen LogP) is 15.2. The maximum absolute atomic E-state index is 12.1. The van der Waals surface area contributed by atoms with E-state index in [4.69, 9.17) is 26.5 Å². The Morgan fingerprint density at radius 3 is 1.09 bits per heavy atom. The molecule has 0 spiro atoms. The van der Waals surface area contributed by atoms with Crippen LogP contribution in [0.3, 0.4) is 0 Å². The summed E-state index contributed by atoms with van der Waals surface area (Å²) in [6.07, 6.45) is 0.115. The fraction of sp³-hybridized carbons (Fsp3) is 0.127. The van der Waals surface area contributed by atoms with Crippen molar-refractivity contribution in [3.8, 4) is 56.6 Å². The SMILES string of the molecule is Cc1cc(-c2ccccc2OC(C)CC(C)Oc2ccccc2-c2cc(C)cc(-n3c4ccccc4c4ccccc43)c2O)c(O)c(-n2c3ccccc3c3ccccc32)c1.[Cl][Zr][Cl]. The fourth-order valence-electron chi connectivity index (χ4n) is 9.22. The number of halogens is 2. The zero-order valence-corrected chi connectivity index (χ0v) is 39.9. The molecule has 0 bridgehead atoms. The molecule has 0 saturated carbocycles. The van der Waals surface area contributed by atoms with E-state index in [1.54, 1.807) is 0 Å². The number of phenolic OH excluding ortho intramolecular Hbond substituents is 2. The van der Waals surface area contributed by atoms with Crippen LogP contribution in [0.4, 0.5) is 0 Å². The summed E-state index contributed by atoms with van der Waals surface area (Å²) in [5.74, 6) is 1.74. The summed E-state index contributed by atoms with van der Waals surface area (Å²) in [5.41, 5.74) is 10.6. The van der Waals surface area contributed by atoms with Gasteiger partial charge in [-0.1, -0.05) is 109 Å². The second-order valence-electron chi connectivity index (χ2n) is 16.3. The number of nitrogens with zero attached hydrogens (tertiary/aromatic N) is 2. The fourth-order valence-corrected chi connectivity index (χ4v) is 9.22. The molecule has 64 heavy (non-hydrogen) atoms. The molecule has 2 heterocycles. The number of aromatic nitrogens is 2. The van der Waals surface area contributed by atoms with Crippen molar-refractivity contribution in [3.63, 3.8) is 0 Å². The molecular weight excluding hydrogens is 915 g/mol. The molecule has 0 radical (unpaired) electrons. The first-order valence-electron chi connectivity index (χ1n) is 21.3. The van der Waals surface area contributed by atoms with Gasteiger partial charge in [-0.2, -0.15) is 0 Å². The summed E-state index contributed by atoms with van der Waals surface area (Å²) in [4.78, 5) is 0. The minimum absolute atomic E-state index is 0.190. The van der Waals surface area contributed by atoms with Crippen LogP contribution in [0.25, 0.3) is 77.2 Å². The molecule has 8 aromatic carbocycles. The zero-order valence-electron chi connectivity index (χ0n) is 35.9. The Kier molecular flexibility index (Phi) is 12.6. The third-order valence-electron chi connectivity index (χ3n) is 11.8. The van der Waals surface area contributed by atoms with Crippen LogP contribution in [0.5, 0.6) is 23.0 Å². The van der Waals surface area contributed by atoms with Crippen LogP contribution in [-0.2, 0) is 20.8 Å². The third-order valence-corrected chi connectivity index (χ3v) is 11.8. The van der Waals surface area contributed by atoms with Crippen molar-refractivity contribution in [1.82, 2.24) is 9.13 Å². The molecule has 318 valence electrons. The van der Waals surface area contributed by atoms with E-state index < -0.39 is 20.8 Å². The number of fused-ring (bicyclic) bond motifs is 6. The molecule has 10 aromatic rings. The van der Waals surface area contributed by atoms with Crippen LogP contribution in [0.1, 0.15) is 31.4 Å². The van der Waals surface area contributed by atoms with E-state index in [1.807, 2.05) is 111 Å². The van der Waals surface area contributed by atoms with E-state index in [1.165, 1.54) is 0 Å². The van der Waals surface area contributed by atoms with Gasteiger partial charge in [0.2, 0.25) is 0 Å². The average molecular weight is 961 g/mol. The molecule has 10 rings (SSSR count). The molecule has 0 fully saturated rings. The number of ether oxygens (including phenoxy) is 2. The number of aryl methyl sites for hydroxylation is 2. The number of rotatable bonds is 10. The molecule has 0 amide bonds. The molecular formula is C55H46Cl2N2O4Zr. The van der Waals surface area contributed by atoms with Gasteiger partial charge in [0.1, 0.15) is 23.0 Å². The summed E-state index contributed by atoms with van der Waals surface area (Å²) in [6, 6.07) is 57.2. The van der Waals surface area contributed by atoms with Gasteiger partial charge in [-0.05, 0) is 99.5 Å². The molecule has 6 nitrogen and oxygen atoms in total. The summed E-state index contributed by atoms with van der Waals surface area (Å²) >= 11 is -0.826. The Morgan fingerprint density at radius 2 is 0.750 bits per heavy atom. The van der Waals surface area contributed by atoms with E-state index >= 15 is 0 Å². The van der Waals surface area contributed by atoms with E-state index in [2.05, 4.69) is 95.8 Å². The molecule has 0 saturated heterocycles. The van der Waals surface area contributed by atoms with Crippen molar-refractivity contribution < 1.29 is 40.5 Å². The van der Waals surface area contributed by atoms with E-state index in [0.717, 1.165) is 77.2 Å². The number of aromatic hydroxyl groups is 2. The molecule has 2 N–H and O–H groups in total. The number of hydrogen-bond donors (Lipinski definition) is 2. The summed E-state index contributed by atoms with van der Waals surface area (Å²) < 4.78 is 17.7. The van der Waals surface area contributed by atoms with Crippen LogP contribution in [-0.4, -0.2) is 31.6 Å². The van der Waals surface area contributed by atoms with Crippen LogP contribution < -0.4 is 9.47 Å². The zero-order chi connectivity index (χ0) is 44.5. The van der Waals surface area contributed by atoms with E-state index in [9.17, 15) is 10.2 Å². The van der Waals surface area contributed by atoms with Gasteiger partial charge >= 0.3 is 37.9 Å². The second-order valence-corrected chi connectivity index (χ2v) is 20.0. The predicted molar refractivity (Wildman–Crippen MR) is 262 cm³/mol. The van der Waals surface area contributed by atoms with Gasteiger partial charge in [0.05, 0.1) is 45.6 Å². The Labute approximate surface area is 391 Å². The molecule has 0 aliphatic carbocycles. The van der Waals surface area contributed by atoms with E-state index in [0.29, 0.717) is 29.0 Å². The topological polar surface area (TPSA) is 68.8 Å². The van der Waals surface area contributed by atoms with E-state index in [-0.39, 0.29) is 23.7 Å². The standard InChI is InChI=1S/C55H46N2O4.2ClH.Zr/c1-34-29-44(54(58)50(31-34)56-46-23-11-5-17-38(46)39-18-6-12-24-47(39)56)42-21-9-15-27-52(42)60-36(3)33-37(4)61-53-28-16-10-22-43(53)45-30-35(2)32-51(55(45)59)57-48-25-13-7-19-40(48)41-20-8-14-26-49(41)57;;;/h5-32,36-37,58-59H,33H2,1-4H3;2*1H;/q;;;+2/p-2. The van der Waals surface area contributed by atoms with Crippen LogP contribution >= 0.6 is 17.0 Å². The number of hydrogen-bond acceptors (Lipinski definition) is 4. The second kappa shape index (κ2) is 18.6. The van der Waals surface area contributed by atoms with Crippen LogP contribution in [0.2, 0.25) is 0 Å². The van der Waals surface area contributed by atoms with Crippen molar-refractivity contribution >= 4 is 60.6 Å². The van der Waals surface area contributed by atoms with Gasteiger partial charge in [-0.25, -0.2) is 0 Å². The molecule has 2 aromatic heterocycles. The van der Waals surface area contributed by atoms with Crippen molar-refractivity contribution in [3.05, 3.63) is 181 Å². The molecule has 9 heteroatoms. The minimum atomic E-state index is -0.826. The molecule has 0 aliphatic rings. The Morgan fingerprint density at radius 1 is 0.453 bits per heavy atom. The van der Waals surface area contributed by atoms with Gasteiger partial charge in [0.25, 0.3) is 0 Å². The Bertz CT molecular complexity index is 3000. The van der Waals surface area contributed by atoms with Crippen molar-refractivity contribution in [1.29, 1.82) is 0 Å². The van der Waals surface area contributed by atoms with Gasteiger partial charge in [0.15, 0.2) is 0 Å². The Balaban J connectivity index is 0.00000168. The first-order valence-corrected chi connectivity index (χ1v) is 27.6. The first kappa shape index (κ1) is 43.3. The van der Waals surface area contributed by atoms with Crippen LogP contribution in [0, 0.1) is 13.8 Å². The quantitative estimate of drug-likeness (QED) is 0.143. The Hall–Kier alpha value is -5.98. The average Bonchev–Trinajstić information content (AvgIpc) is 3.81. The number of para-hydroxylation sites is 6. The third kappa shape index (κ3) is 8.18. The normalized spacial score (nSPS) is 12.3. The molecule has 0 aliphatic heterocycles. The first-order chi connectivity index (χ1) is 31.2. The van der Waals surface area contributed by atoms with Gasteiger partial charge in [-0.15, -0.1) is 0 Å². The molecule has 2 unspecified atom stereocenters. The van der Waals surface area contributed by atoms with Gasteiger partial charge in [-0.3, -0.25) is 0 Å². The summed E-state index contributed by atoms with van der Waals surface area (Å²) in [5, 5.41) is 28.8. The van der Waals surface area contributed by atoms with Crippen LogP contribution in [0.15, 0.2) is 170 Å². The van der Waals surface area contributed by atoms with Crippen molar-refractivity contribution in [2.75, 3.05) is 0 Å². The summed E-state index contributed by atoms with van der Waals surface area (Å²) in [6.45, 7) is 8.22. The maximum atomic E-state index is 12.1. The van der Waals surface area contributed by atoms with Gasteiger partial charge in [0, 0.05) is 50.2 Å².